The summed E-state index contributed by atoms with van der Waals surface area (Å²) < 4.78 is 10.6. The van der Waals surface area contributed by atoms with Crippen LogP contribution in [0.25, 0.3) is 6.08 Å². The lowest BCUT2D eigenvalue weighted by atomic mass is 10.1. The highest BCUT2D eigenvalue weighted by atomic mass is 16.5. The van der Waals surface area contributed by atoms with Gasteiger partial charge in [0.25, 0.3) is 0 Å². The van der Waals surface area contributed by atoms with Crippen LogP contribution in [0.3, 0.4) is 0 Å². The minimum absolute atomic E-state index is 0.210. The number of carbonyl (C=O) groups is 1. The number of rotatable bonds is 5. The number of carbonyl (C=O) groups excluding carboxylic acids is 1. The minimum atomic E-state index is -0.210. The van der Waals surface area contributed by atoms with E-state index in [0.29, 0.717) is 11.5 Å². The van der Waals surface area contributed by atoms with Gasteiger partial charge in [0.1, 0.15) is 11.5 Å². The minimum Gasteiger partial charge on any atom is -0.496 e. The lowest BCUT2D eigenvalue weighted by Crippen LogP contribution is -2.07. The van der Waals surface area contributed by atoms with E-state index in [9.17, 15) is 4.79 Å². The normalized spacial score (nSPS) is 10.5. The Kier molecular flexibility index (Phi) is 5.20. The molecule has 0 saturated carbocycles. The standard InChI is InChI=1S/C18H19NO3/c1-13-6-4-7-14(12-13)19-18(20)11-10-15-16(21-2)8-5-9-17(15)22-3/h4-12H,1-3H3,(H,19,20). The van der Waals surface area contributed by atoms with Gasteiger partial charge in [-0.2, -0.15) is 0 Å². The molecule has 0 aliphatic rings. The van der Waals surface area contributed by atoms with E-state index in [-0.39, 0.29) is 5.91 Å². The summed E-state index contributed by atoms with van der Waals surface area (Å²) in [6, 6.07) is 13.1. The molecule has 1 amide bonds. The summed E-state index contributed by atoms with van der Waals surface area (Å²) in [5.74, 6) is 1.09. The maximum absolute atomic E-state index is 12.0. The van der Waals surface area contributed by atoms with Gasteiger partial charge in [-0.1, -0.05) is 18.2 Å². The van der Waals surface area contributed by atoms with Crippen LogP contribution in [0, 0.1) is 6.92 Å². The van der Waals surface area contributed by atoms with Crippen molar-refractivity contribution >= 4 is 17.7 Å². The third-order valence-corrected chi connectivity index (χ3v) is 3.15. The van der Waals surface area contributed by atoms with Crippen LogP contribution in [-0.2, 0) is 4.79 Å². The summed E-state index contributed by atoms with van der Waals surface area (Å²) in [6.07, 6.45) is 3.14. The highest BCUT2D eigenvalue weighted by molar-refractivity contribution is 6.02. The Morgan fingerprint density at radius 3 is 2.27 bits per heavy atom. The van der Waals surface area contributed by atoms with Crippen molar-refractivity contribution in [2.24, 2.45) is 0 Å². The third-order valence-electron chi connectivity index (χ3n) is 3.15. The largest absolute Gasteiger partial charge is 0.496 e. The molecule has 0 fully saturated rings. The molecule has 0 bridgehead atoms. The van der Waals surface area contributed by atoms with Gasteiger partial charge in [-0.05, 0) is 42.8 Å². The van der Waals surface area contributed by atoms with Gasteiger partial charge in [-0.25, -0.2) is 0 Å². The number of ether oxygens (including phenoxy) is 2. The van der Waals surface area contributed by atoms with Crippen LogP contribution in [-0.4, -0.2) is 20.1 Å². The molecule has 0 spiro atoms. The van der Waals surface area contributed by atoms with E-state index in [4.69, 9.17) is 9.47 Å². The van der Waals surface area contributed by atoms with Crippen LogP contribution < -0.4 is 14.8 Å². The number of nitrogens with one attached hydrogen (secondary N) is 1. The Bertz CT molecular complexity index is 670. The smallest absolute Gasteiger partial charge is 0.248 e. The van der Waals surface area contributed by atoms with Gasteiger partial charge in [0.05, 0.1) is 19.8 Å². The average Bonchev–Trinajstić information content (AvgIpc) is 2.52. The molecule has 1 N–H and O–H groups in total. The second-order valence-corrected chi connectivity index (χ2v) is 4.77. The summed E-state index contributed by atoms with van der Waals surface area (Å²) in [6.45, 7) is 1.98. The van der Waals surface area contributed by atoms with Crippen molar-refractivity contribution in [1.29, 1.82) is 0 Å². The van der Waals surface area contributed by atoms with Crippen molar-refractivity contribution < 1.29 is 14.3 Å². The molecular formula is C18H19NO3. The van der Waals surface area contributed by atoms with Crippen molar-refractivity contribution in [2.75, 3.05) is 19.5 Å². The van der Waals surface area contributed by atoms with Gasteiger partial charge in [-0.3, -0.25) is 4.79 Å². The molecule has 0 aliphatic heterocycles. The van der Waals surface area contributed by atoms with Gasteiger partial charge in [0.15, 0.2) is 0 Å². The van der Waals surface area contributed by atoms with Crippen LogP contribution in [0.15, 0.2) is 48.5 Å². The molecule has 2 aromatic carbocycles. The van der Waals surface area contributed by atoms with E-state index in [1.165, 1.54) is 6.08 Å². The van der Waals surface area contributed by atoms with Crippen LogP contribution in [0.2, 0.25) is 0 Å². The summed E-state index contributed by atoms with van der Waals surface area (Å²) in [5, 5.41) is 2.82. The number of aryl methyl sites for hydroxylation is 1. The van der Waals surface area contributed by atoms with Gasteiger partial charge < -0.3 is 14.8 Å². The Balaban J connectivity index is 2.16. The van der Waals surface area contributed by atoms with E-state index < -0.39 is 0 Å². The molecule has 4 nitrogen and oxygen atoms in total. The van der Waals surface area contributed by atoms with Gasteiger partial charge in [-0.15, -0.1) is 0 Å². The lowest BCUT2D eigenvalue weighted by Gasteiger charge is -2.09. The molecule has 0 unspecified atom stereocenters. The van der Waals surface area contributed by atoms with Gasteiger partial charge in [0.2, 0.25) is 5.91 Å². The lowest BCUT2D eigenvalue weighted by molar-refractivity contribution is -0.111. The fourth-order valence-corrected chi connectivity index (χ4v) is 2.11. The van der Waals surface area contributed by atoms with Crippen LogP contribution >= 0.6 is 0 Å². The topological polar surface area (TPSA) is 47.6 Å². The number of anilines is 1. The number of hydrogen-bond donors (Lipinski definition) is 1. The Morgan fingerprint density at radius 1 is 1.05 bits per heavy atom. The van der Waals surface area contributed by atoms with Crippen LogP contribution in [0.1, 0.15) is 11.1 Å². The SMILES string of the molecule is COc1cccc(OC)c1C=CC(=O)Nc1cccc(C)c1. The molecule has 22 heavy (non-hydrogen) atoms. The molecule has 2 aromatic rings. The van der Waals surface area contributed by atoms with Gasteiger partial charge >= 0.3 is 0 Å². The maximum Gasteiger partial charge on any atom is 0.248 e. The van der Waals surface area contributed by atoms with Crippen molar-refractivity contribution in [3.63, 3.8) is 0 Å². The number of hydrogen-bond acceptors (Lipinski definition) is 3. The Hall–Kier alpha value is -2.75. The van der Waals surface area contributed by atoms with E-state index in [0.717, 1.165) is 16.8 Å². The highest BCUT2D eigenvalue weighted by Crippen LogP contribution is 2.29. The van der Waals surface area contributed by atoms with Crippen molar-refractivity contribution in [3.05, 3.63) is 59.7 Å². The molecule has 2 rings (SSSR count). The zero-order valence-electron chi connectivity index (χ0n) is 12.9. The van der Waals surface area contributed by atoms with E-state index in [1.54, 1.807) is 20.3 Å². The zero-order chi connectivity index (χ0) is 15.9. The molecule has 114 valence electrons. The summed E-state index contributed by atoms with van der Waals surface area (Å²) in [4.78, 5) is 12.0. The molecule has 0 aliphatic carbocycles. The quantitative estimate of drug-likeness (QED) is 0.857. The third kappa shape index (κ3) is 3.88. The van der Waals surface area contributed by atoms with Crippen molar-refractivity contribution in [3.8, 4) is 11.5 Å². The second-order valence-electron chi connectivity index (χ2n) is 4.77. The first-order chi connectivity index (χ1) is 10.6. The first-order valence-corrected chi connectivity index (χ1v) is 6.90. The molecule has 0 atom stereocenters. The summed E-state index contributed by atoms with van der Waals surface area (Å²) >= 11 is 0. The average molecular weight is 297 g/mol. The molecular weight excluding hydrogens is 278 g/mol. The predicted molar refractivity (Wildman–Crippen MR) is 88.4 cm³/mol. The van der Waals surface area contributed by atoms with Gasteiger partial charge in [0, 0.05) is 11.8 Å². The first-order valence-electron chi connectivity index (χ1n) is 6.90. The predicted octanol–water partition coefficient (Wildman–Crippen LogP) is 3.66. The summed E-state index contributed by atoms with van der Waals surface area (Å²) in [5.41, 5.74) is 2.58. The number of amides is 1. The molecule has 0 aromatic heterocycles. The van der Waals surface area contributed by atoms with E-state index in [1.807, 2.05) is 49.4 Å². The molecule has 0 heterocycles. The number of methoxy groups -OCH3 is 2. The maximum atomic E-state index is 12.0. The molecule has 0 saturated heterocycles. The zero-order valence-corrected chi connectivity index (χ0v) is 12.9. The Labute approximate surface area is 130 Å². The highest BCUT2D eigenvalue weighted by Gasteiger charge is 2.07. The van der Waals surface area contributed by atoms with Crippen molar-refractivity contribution in [1.82, 2.24) is 0 Å². The fourth-order valence-electron chi connectivity index (χ4n) is 2.11. The Morgan fingerprint density at radius 2 is 1.68 bits per heavy atom. The monoisotopic (exact) mass is 297 g/mol. The van der Waals surface area contributed by atoms with Crippen molar-refractivity contribution in [2.45, 2.75) is 6.92 Å². The molecule has 4 heteroatoms. The number of benzene rings is 2. The summed E-state index contributed by atoms with van der Waals surface area (Å²) in [7, 11) is 3.16. The fraction of sp³-hybridized carbons (Fsp3) is 0.167. The van der Waals surface area contributed by atoms with Crippen LogP contribution in [0.4, 0.5) is 5.69 Å². The van der Waals surface area contributed by atoms with E-state index in [2.05, 4.69) is 5.32 Å². The first kappa shape index (κ1) is 15.6. The second kappa shape index (κ2) is 7.31. The molecule has 0 radical (unpaired) electrons. The van der Waals surface area contributed by atoms with Crippen LogP contribution in [0.5, 0.6) is 11.5 Å². The van der Waals surface area contributed by atoms with E-state index >= 15 is 0 Å².